The van der Waals surface area contributed by atoms with Gasteiger partial charge in [0.25, 0.3) is 0 Å². The predicted octanol–water partition coefficient (Wildman–Crippen LogP) is 1.97. The Bertz CT molecular complexity index is 445. The van der Waals surface area contributed by atoms with Crippen molar-refractivity contribution < 1.29 is 9.53 Å². The molecule has 20 heavy (non-hydrogen) atoms. The Labute approximate surface area is 121 Å². The lowest BCUT2D eigenvalue weighted by molar-refractivity contribution is -0.129. The Balaban J connectivity index is 2.79. The lowest BCUT2D eigenvalue weighted by atomic mass is 10.2. The van der Waals surface area contributed by atoms with Gasteiger partial charge in [-0.2, -0.15) is 0 Å². The van der Waals surface area contributed by atoms with Crippen LogP contribution in [0.2, 0.25) is 0 Å². The molecule has 0 unspecified atom stereocenters. The van der Waals surface area contributed by atoms with Crippen LogP contribution >= 0.6 is 0 Å². The fourth-order valence-corrected chi connectivity index (χ4v) is 2.01. The number of nitrogen functional groups attached to an aromatic ring is 1. The Morgan fingerprint density at radius 1 is 1.25 bits per heavy atom. The summed E-state index contributed by atoms with van der Waals surface area (Å²) in [6.07, 6.45) is 0. The molecule has 1 aromatic rings. The largest absolute Gasteiger partial charge is 0.492 e. The van der Waals surface area contributed by atoms with E-state index < -0.39 is 0 Å². The smallest absolute Gasteiger partial charge is 0.242 e. The summed E-state index contributed by atoms with van der Waals surface area (Å²) in [5.74, 6) is 0.777. The molecular weight excluding hydrogens is 254 g/mol. The first-order chi connectivity index (χ1) is 9.53. The van der Waals surface area contributed by atoms with Crippen molar-refractivity contribution in [1.29, 1.82) is 0 Å². The van der Waals surface area contributed by atoms with E-state index in [1.807, 2.05) is 49.8 Å². The summed E-state index contributed by atoms with van der Waals surface area (Å²) >= 11 is 0. The van der Waals surface area contributed by atoms with Crippen molar-refractivity contribution in [2.45, 2.75) is 20.8 Å². The molecule has 5 nitrogen and oxygen atoms in total. The lowest BCUT2D eigenvalue weighted by Gasteiger charge is -2.25. The molecule has 0 saturated carbocycles. The highest BCUT2D eigenvalue weighted by molar-refractivity contribution is 5.81. The van der Waals surface area contributed by atoms with Crippen LogP contribution in [-0.4, -0.2) is 44.1 Å². The number of amides is 1. The molecule has 0 saturated heterocycles. The number of benzene rings is 1. The summed E-state index contributed by atoms with van der Waals surface area (Å²) in [5.41, 5.74) is 7.38. The third-order valence-corrected chi connectivity index (χ3v) is 3.23. The van der Waals surface area contributed by atoms with E-state index in [4.69, 9.17) is 10.5 Å². The van der Waals surface area contributed by atoms with Crippen LogP contribution in [0, 0.1) is 0 Å². The average Bonchev–Trinajstić information content (AvgIpc) is 2.42. The molecule has 1 aromatic carbocycles. The molecule has 0 spiro atoms. The van der Waals surface area contributed by atoms with Crippen LogP contribution in [0.25, 0.3) is 0 Å². The number of nitrogens with zero attached hydrogens (tertiary/aromatic N) is 2. The maximum absolute atomic E-state index is 12.1. The van der Waals surface area contributed by atoms with Gasteiger partial charge in [-0.25, -0.2) is 0 Å². The highest BCUT2D eigenvalue weighted by Crippen LogP contribution is 2.27. The predicted molar refractivity (Wildman–Crippen MR) is 83.2 cm³/mol. The van der Waals surface area contributed by atoms with Gasteiger partial charge >= 0.3 is 0 Å². The number of hydrogen-bond acceptors (Lipinski definition) is 4. The number of carbonyl (C=O) groups excluding carboxylic acids is 1. The van der Waals surface area contributed by atoms with Crippen molar-refractivity contribution in [2.75, 3.05) is 43.9 Å². The van der Waals surface area contributed by atoms with Gasteiger partial charge in [0, 0.05) is 31.9 Å². The van der Waals surface area contributed by atoms with Gasteiger partial charge in [0.05, 0.1) is 18.8 Å². The first kappa shape index (κ1) is 16.1. The topological polar surface area (TPSA) is 58.8 Å². The van der Waals surface area contributed by atoms with Gasteiger partial charge in [-0.15, -0.1) is 0 Å². The van der Waals surface area contributed by atoms with Crippen molar-refractivity contribution in [1.82, 2.24) is 4.90 Å². The number of ether oxygens (including phenoxy) is 1. The van der Waals surface area contributed by atoms with Crippen LogP contribution in [-0.2, 0) is 4.79 Å². The third-order valence-electron chi connectivity index (χ3n) is 3.23. The zero-order chi connectivity index (χ0) is 15.1. The van der Waals surface area contributed by atoms with E-state index >= 15 is 0 Å². The summed E-state index contributed by atoms with van der Waals surface area (Å²) in [6, 6.07) is 5.57. The van der Waals surface area contributed by atoms with Crippen molar-refractivity contribution in [2.24, 2.45) is 0 Å². The number of carbonyl (C=O) groups is 1. The molecule has 0 atom stereocenters. The van der Waals surface area contributed by atoms with Gasteiger partial charge < -0.3 is 20.3 Å². The molecule has 0 aliphatic carbocycles. The van der Waals surface area contributed by atoms with Crippen LogP contribution in [0.4, 0.5) is 11.4 Å². The van der Waals surface area contributed by atoms with E-state index in [9.17, 15) is 4.79 Å². The summed E-state index contributed by atoms with van der Waals surface area (Å²) in [7, 11) is 1.89. The van der Waals surface area contributed by atoms with Gasteiger partial charge in [-0.3, -0.25) is 4.79 Å². The van der Waals surface area contributed by atoms with Crippen LogP contribution in [0.5, 0.6) is 5.75 Å². The summed E-state index contributed by atoms with van der Waals surface area (Å²) in [5, 5.41) is 0. The standard InChI is InChI=1S/C15H25N3O2/c1-5-18(6-2)15(19)11-17(4)12-8-9-13(16)14(10-12)20-7-3/h8-10H,5-7,11,16H2,1-4H3. The molecule has 1 rings (SSSR count). The van der Waals surface area contributed by atoms with E-state index in [1.165, 1.54) is 0 Å². The van der Waals surface area contributed by atoms with Crippen molar-refractivity contribution in [3.05, 3.63) is 18.2 Å². The Morgan fingerprint density at radius 2 is 1.90 bits per heavy atom. The molecule has 0 aliphatic rings. The first-order valence-corrected chi connectivity index (χ1v) is 7.04. The Morgan fingerprint density at radius 3 is 2.45 bits per heavy atom. The van der Waals surface area contributed by atoms with E-state index in [-0.39, 0.29) is 5.91 Å². The molecule has 0 bridgehead atoms. The summed E-state index contributed by atoms with van der Waals surface area (Å²) in [4.78, 5) is 15.8. The number of nitrogens with two attached hydrogens (primary N) is 1. The molecular formula is C15H25N3O2. The van der Waals surface area contributed by atoms with Crippen LogP contribution < -0.4 is 15.4 Å². The fourth-order valence-electron chi connectivity index (χ4n) is 2.01. The second-order valence-electron chi connectivity index (χ2n) is 4.58. The van der Waals surface area contributed by atoms with Crippen molar-refractivity contribution in [3.63, 3.8) is 0 Å². The molecule has 0 fully saturated rings. The van der Waals surface area contributed by atoms with Gasteiger partial charge in [-0.05, 0) is 32.9 Å². The van der Waals surface area contributed by atoms with Crippen LogP contribution in [0.15, 0.2) is 18.2 Å². The monoisotopic (exact) mass is 279 g/mol. The molecule has 0 radical (unpaired) electrons. The quantitative estimate of drug-likeness (QED) is 0.775. The minimum atomic E-state index is 0.118. The third kappa shape index (κ3) is 4.05. The number of hydrogen-bond donors (Lipinski definition) is 1. The maximum atomic E-state index is 12.1. The van der Waals surface area contributed by atoms with E-state index in [2.05, 4.69) is 0 Å². The zero-order valence-corrected chi connectivity index (χ0v) is 12.8. The fraction of sp³-hybridized carbons (Fsp3) is 0.533. The van der Waals surface area contributed by atoms with Gasteiger partial charge in [0.15, 0.2) is 0 Å². The molecule has 0 heterocycles. The minimum absolute atomic E-state index is 0.118. The minimum Gasteiger partial charge on any atom is -0.492 e. The van der Waals surface area contributed by atoms with Gasteiger partial charge in [0.1, 0.15) is 5.75 Å². The summed E-state index contributed by atoms with van der Waals surface area (Å²) in [6.45, 7) is 8.26. The molecule has 0 aromatic heterocycles. The molecule has 2 N–H and O–H groups in total. The second kappa shape index (κ2) is 7.62. The van der Waals surface area contributed by atoms with Crippen LogP contribution in [0.1, 0.15) is 20.8 Å². The number of rotatable bonds is 7. The highest BCUT2D eigenvalue weighted by atomic mass is 16.5. The zero-order valence-electron chi connectivity index (χ0n) is 12.8. The van der Waals surface area contributed by atoms with E-state index in [1.54, 1.807) is 6.07 Å². The Kier molecular flexibility index (Phi) is 6.15. The maximum Gasteiger partial charge on any atom is 0.242 e. The molecule has 0 aliphatic heterocycles. The highest BCUT2D eigenvalue weighted by Gasteiger charge is 2.13. The first-order valence-electron chi connectivity index (χ1n) is 7.04. The summed E-state index contributed by atoms with van der Waals surface area (Å²) < 4.78 is 5.48. The molecule has 5 heteroatoms. The van der Waals surface area contributed by atoms with Gasteiger partial charge in [0.2, 0.25) is 5.91 Å². The number of likely N-dealkylation sites (N-methyl/N-ethyl adjacent to an activating group) is 2. The normalized spacial score (nSPS) is 10.2. The van der Waals surface area contributed by atoms with Gasteiger partial charge in [-0.1, -0.05) is 0 Å². The second-order valence-corrected chi connectivity index (χ2v) is 4.58. The van der Waals surface area contributed by atoms with E-state index in [0.29, 0.717) is 24.6 Å². The lowest BCUT2D eigenvalue weighted by Crippen LogP contribution is -2.38. The van der Waals surface area contributed by atoms with Crippen molar-refractivity contribution >= 4 is 17.3 Å². The van der Waals surface area contributed by atoms with Crippen LogP contribution in [0.3, 0.4) is 0 Å². The van der Waals surface area contributed by atoms with E-state index in [0.717, 1.165) is 18.8 Å². The average molecular weight is 279 g/mol. The molecule has 1 amide bonds. The van der Waals surface area contributed by atoms with Crippen molar-refractivity contribution in [3.8, 4) is 5.75 Å². The molecule has 112 valence electrons. The SMILES string of the molecule is CCOc1cc(N(C)CC(=O)N(CC)CC)ccc1N. The number of anilines is 2. The Hall–Kier alpha value is -1.91.